The van der Waals surface area contributed by atoms with Gasteiger partial charge < -0.3 is 20.1 Å². The fourth-order valence-corrected chi connectivity index (χ4v) is 2.14. The second kappa shape index (κ2) is 8.19. The Labute approximate surface area is 135 Å². The molecule has 5 nitrogen and oxygen atoms in total. The second-order valence-electron chi connectivity index (χ2n) is 4.70. The number of anilines is 1. The Balaban J connectivity index is 1.80. The molecule has 1 aromatic heterocycles. The lowest BCUT2D eigenvalue weighted by atomic mass is 10.3. The minimum absolute atomic E-state index is 0.0431. The van der Waals surface area contributed by atoms with Crippen molar-refractivity contribution in [2.24, 2.45) is 0 Å². The summed E-state index contributed by atoms with van der Waals surface area (Å²) in [6, 6.07) is 11.3. The molecule has 1 atom stereocenters. The minimum Gasteiger partial charge on any atom is -0.493 e. The molecule has 2 rings (SSSR count). The quantitative estimate of drug-likeness (QED) is 0.799. The third kappa shape index (κ3) is 4.89. The summed E-state index contributed by atoms with van der Waals surface area (Å²) in [4.78, 5) is 4.02. The van der Waals surface area contributed by atoms with Gasteiger partial charge in [0.05, 0.1) is 25.0 Å². The molecule has 0 spiro atoms. The van der Waals surface area contributed by atoms with Gasteiger partial charge in [-0.3, -0.25) is 4.98 Å². The summed E-state index contributed by atoms with van der Waals surface area (Å²) >= 11 is 5.26. The molecule has 0 radical (unpaired) electrons. The van der Waals surface area contributed by atoms with E-state index in [1.165, 1.54) is 0 Å². The zero-order valence-corrected chi connectivity index (χ0v) is 13.4. The first kappa shape index (κ1) is 16.0. The van der Waals surface area contributed by atoms with Crippen molar-refractivity contribution in [1.82, 2.24) is 10.3 Å². The molecular weight excluding hydrogens is 298 g/mol. The van der Waals surface area contributed by atoms with Crippen molar-refractivity contribution in [3.05, 3.63) is 48.8 Å². The zero-order valence-electron chi connectivity index (χ0n) is 12.6. The molecule has 0 amide bonds. The van der Waals surface area contributed by atoms with E-state index in [9.17, 15) is 0 Å². The lowest BCUT2D eigenvalue weighted by Gasteiger charge is -2.18. The Morgan fingerprint density at radius 3 is 2.68 bits per heavy atom. The van der Waals surface area contributed by atoms with Crippen LogP contribution in [0.5, 0.6) is 11.5 Å². The van der Waals surface area contributed by atoms with Gasteiger partial charge in [-0.2, -0.15) is 0 Å². The molecule has 2 N–H and O–H groups in total. The van der Waals surface area contributed by atoms with Crippen LogP contribution < -0.4 is 20.1 Å². The van der Waals surface area contributed by atoms with Crippen LogP contribution in [0.15, 0.2) is 48.8 Å². The Hall–Kier alpha value is -2.34. The Kier molecular flexibility index (Phi) is 5.97. The highest BCUT2D eigenvalue weighted by molar-refractivity contribution is 7.80. The first-order chi connectivity index (χ1) is 10.7. The highest BCUT2D eigenvalue weighted by Crippen LogP contribution is 2.25. The molecule has 1 unspecified atom stereocenters. The van der Waals surface area contributed by atoms with Crippen LogP contribution in [-0.4, -0.2) is 29.9 Å². The van der Waals surface area contributed by atoms with Crippen molar-refractivity contribution in [3.8, 4) is 11.5 Å². The van der Waals surface area contributed by atoms with E-state index in [0.717, 1.165) is 5.69 Å². The first-order valence-electron chi connectivity index (χ1n) is 6.92. The summed E-state index contributed by atoms with van der Waals surface area (Å²) in [5, 5.41) is 6.77. The van der Waals surface area contributed by atoms with Gasteiger partial charge in [0.25, 0.3) is 0 Å². The van der Waals surface area contributed by atoms with Crippen LogP contribution in [0.1, 0.15) is 6.92 Å². The van der Waals surface area contributed by atoms with Crippen LogP contribution in [0, 0.1) is 0 Å². The Morgan fingerprint density at radius 1 is 1.23 bits per heavy atom. The zero-order chi connectivity index (χ0) is 15.8. The van der Waals surface area contributed by atoms with Gasteiger partial charge in [-0.15, -0.1) is 0 Å². The number of methoxy groups -OCH3 is 1. The van der Waals surface area contributed by atoms with Gasteiger partial charge >= 0.3 is 0 Å². The standard InChI is InChI=1S/C16H19N3O2S/c1-12(11-21-15-8-4-3-7-14(15)20-2)18-16(22)19-13-6-5-9-17-10-13/h3-10,12H,11H2,1-2H3,(H2,18,19,22). The molecule has 22 heavy (non-hydrogen) atoms. The van der Waals surface area contributed by atoms with Crippen LogP contribution >= 0.6 is 12.2 Å². The van der Waals surface area contributed by atoms with Crippen molar-refractivity contribution in [1.29, 1.82) is 0 Å². The summed E-state index contributed by atoms with van der Waals surface area (Å²) in [5.41, 5.74) is 0.845. The molecular formula is C16H19N3O2S. The van der Waals surface area contributed by atoms with E-state index in [-0.39, 0.29) is 6.04 Å². The lowest BCUT2D eigenvalue weighted by molar-refractivity contribution is 0.270. The van der Waals surface area contributed by atoms with Crippen molar-refractivity contribution >= 4 is 23.0 Å². The van der Waals surface area contributed by atoms with Crippen molar-refractivity contribution in [2.75, 3.05) is 19.0 Å². The van der Waals surface area contributed by atoms with E-state index in [1.54, 1.807) is 19.5 Å². The third-order valence-corrected chi connectivity index (χ3v) is 3.07. The maximum absolute atomic E-state index is 5.75. The molecule has 0 fully saturated rings. The van der Waals surface area contributed by atoms with Gasteiger partial charge in [0, 0.05) is 6.20 Å². The second-order valence-corrected chi connectivity index (χ2v) is 5.11. The third-order valence-electron chi connectivity index (χ3n) is 2.85. The number of rotatable bonds is 6. The fraction of sp³-hybridized carbons (Fsp3) is 0.250. The normalized spacial score (nSPS) is 11.4. The van der Waals surface area contributed by atoms with E-state index >= 15 is 0 Å². The van der Waals surface area contributed by atoms with E-state index in [1.807, 2.05) is 43.3 Å². The molecule has 1 aromatic carbocycles. The van der Waals surface area contributed by atoms with E-state index < -0.39 is 0 Å². The number of ether oxygens (including phenoxy) is 2. The topological polar surface area (TPSA) is 55.4 Å². The monoisotopic (exact) mass is 317 g/mol. The Bertz CT molecular complexity index is 607. The van der Waals surface area contributed by atoms with Crippen LogP contribution in [0.3, 0.4) is 0 Å². The highest BCUT2D eigenvalue weighted by Gasteiger charge is 2.08. The first-order valence-corrected chi connectivity index (χ1v) is 7.33. The van der Waals surface area contributed by atoms with Crippen LogP contribution in [-0.2, 0) is 0 Å². The molecule has 0 aliphatic heterocycles. The number of benzene rings is 1. The number of para-hydroxylation sites is 2. The minimum atomic E-state index is 0.0431. The maximum Gasteiger partial charge on any atom is 0.171 e. The molecule has 6 heteroatoms. The van der Waals surface area contributed by atoms with Gasteiger partial charge in [0.15, 0.2) is 16.6 Å². The SMILES string of the molecule is COc1ccccc1OCC(C)NC(=S)Nc1cccnc1. The van der Waals surface area contributed by atoms with E-state index in [2.05, 4.69) is 15.6 Å². The molecule has 2 aromatic rings. The van der Waals surface area contributed by atoms with E-state index in [0.29, 0.717) is 23.2 Å². The summed E-state index contributed by atoms with van der Waals surface area (Å²) in [6.07, 6.45) is 3.43. The van der Waals surface area contributed by atoms with Gasteiger partial charge in [-0.1, -0.05) is 12.1 Å². The average Bonchev–Trinajstić information content (AvgIpc) is 2.54. The maximum atomic E-state index is 5.75. The number of aromatic nitrogens is 1. The fourth-order valence-electron chi connectivity index (χ4n) is 1.82. The number of nitrogens with one attached hydrogen (secondary N) is 2. The summed E-state index contributed by atoms with van der Waals surface area (Å²) in [6.45, 7) is 2.46. The number of hydrogen-bond acceptors (Lipinski definition) is 4. The summed E-state index contributed by atoms with van der Waals surface area (Å²) < 4.78 is 11.0. The smallest absolute Gasteiger partial charge is 0.171 e. The van der Waals surface area contributed by atoms with Gasteiger partial charge in [0.2, 0.25) is 0 Å². The van der Waals surface area contributed by atoms with Gasteiger partial charge in [-0.05, 0) is 43.4 Å². The number of hydrogen-bond donors (Lipinski definition) is 2. The lowest BCUT2D eigenvalue weighted by Crippen LogP contribution is -2.39. The Morgan fingerprint density at radius 2 is 2.00 bits per heavy atom. The largest absolute Gasteiger partial charge is 0.493 e. The number of nitrogens with zero attached hydrogens (tertiary/aromatic N) is 1. The van der Waals surface area contributed by atoms with Crippen LogP contribution in [0.25, 0.3) is 0 Å². The molecule has 0 aliphatic carbocycles. The molecule has 116 valence electrons. The van der Waals surface area contributed by atoms with Gasteiger partial charge in [0.1, 0.15) is 6.61 Å². The molecule has 0 bridgehead atoms. The average molecular weight is 317 g/mol. The van der Waals surface area contributed by atoms with Crippen LogP contribution in [0.4, 0.5) is 5.69 Å². The number of thiocarbonyl (C=S) groups is 1. The molecule has 0 saturated heterocycles. The summed E-state index contributed by atoms with van der Waals surface area (Å²) in [5.74, 6) is 1.43. The van der Waals surface area contributed by atoms with E-state index in [4.69, 9.17) is 21.7 Å². The predicted molar refractivity (Wildman–Crippen MR) is 91.5 cm³/mol. The molecule has 0 aliphatic rings. The highest BCUT2D eigenvalue weighted by atomic mass is 32.1. The molecule has 0 saturated carbocycles. The van der Waals surface area contributed by atoms with Crippen molar-refractivity contribution in [3.63, 3.8) is 0 Å². The number of pyridine rings is 1. The van der Waals surface area contributed by atoms with Crippen molar-refractivity contribution in [2.45, 2.75) is 13.0 Å². The summed E-state index contributed by atoms with van der Waals surface area (Å²) in [7, 11) is 1.62. The predicted octanol–water partition coefficient (Wildman–Crippen LogP) is 2.84. The van der Waals surface area contributed by atoms with Crippen LogP contribution in [0.2, 0.25) is 0 Å². The van der Waals surface area contributed by atoms with Gasteiger partial charge in [-0.25, -0.2) is 0 Å². The van der Waals surface area contributed by atoms with Crippen molar-refractivity contribution < 1.29 is 9.47 Å². The molecule has 1 heterocycles.